The zero-order valence-corrected chi connectivity index (χ0v) is 11.1. The van der Waals surface area contributed by atoms with Crippen molar-refractivity contribution in [2.75, 3.05) is 6.54 Å². The molecule has 19 heavy (non-hydrogen) atoms. The minimum absolute atomic E-state index is 0.104. The number of alkyl halides is 3. The van der Waals surface area contributed by atoms with E-state index in [0.717, 1.165) is 43.5 Å². The molecule has 0 bridgehead atoms. The van der Waals surface area contributed by atoms with Crippen molar-refractivity contribution in [3.8, 4) is 0 Å². The molecule has 4 heteroatoms. The van der Waals surface area contributed by atoms with E-state index in [-0.39, 0.29) is 6.04 Å². The van der Waals surface area contributed by atoms with Crippen LogP contribution in [0.1, 0.15) is 43.4 Å². The molecule has 0 amide bonds. The van der Waals surface area contributed by atoms with Crippen LogP contribution in [0, 0.1) is 0 Å². The summed E-state index contributed by atoms with van der Waals surface area (Å²) in [4.78, 5) is 0. The number of halogens is 3. The summed E-state index contributed by atoms with van der Waals surface area (Å²) >= 11 is 0. The molecule has 1 nitrogen and oxygen atoms in total. The number of unbranched alkanes of at least 4 members (excludes halogenated alkanes) is 1. The lowest BCUT2D eigenvalue weighted by atomic mass is 9.99. The molecule has 0 aromatic heterocycles. The first-order valence-corrected chi connectivity index (χ1v) is 6.50. The fourth-order valence-corrected chi connectivity index (χ4v) is 2.00. The average molecular weight is 271 g/mol. The molecule has 1 unspecified atom stereocenters. The lowest BCUT2D eigenvalue weighted by Crippen LogP contribution is -2.21. The lowest BCUT2D eigenvalue weighted by molar-refractivity contribution is -0.137. The van der Waals surface area contributed by atoms with Gasteiger partial charge in [-0.25, -0.2) is 0 Å². The van der Waals surface area contributed by atoms with Crippen LogP contribution in [-0.4, -0.2) is 6.54 Å². The zero-order valence-electron chi connectivity index (χ0n) is 11.1. The summed E-state index contributed by atoms with van der Waals surface area (Å²) < 4.78 is 37.5. The highest BCUT2D eigenvalue weighted by Gasteiger charge is 2.30. The largest absolute Gasteiger partial charge is 0.416 e. The van der Waals surface area contributed by atoms with Crippen molar-refractivity contribution in [1.82, 2.24) is 5.32 Å². The monoisotopic (exact) mass is 271 g/mol. The van der Waals surface area contributed by atoms with Gasteiger partial charge in [0, 0.05) is 6.04 Å². The van der Waals surface area contributed by atoms with Gasteiger partial charge in [0.1, 0.15) is 0 Å². The average Bonchev–Trinajstić information content (AvgIpc) is 2.37. The molecular weight excluding hydrogens is 251 g/mol. The van der Waals surface area contributed by atoms with Crippen molar-refractivity contribution in [2.24, 2.45) is 0 Å². The first kappa shape index (κ1) is 15.8. The van der Waals surface area contributed by atoms with Crippen LogP contribution in [0.3, 0.4) is 0 Å². The van der Waals surface area contributed by atoms with Crippen LogP contribution >= 0.6 is 0 Å². The molecule has 0 fully saturated rings. The van der Waals surface area contributed by atoms with Crippen LogP contribution in [0.5, 0.6) is 0 Å². The Kier molecular flexibility index (Phi) is 6.09. The van der Waals surface area contributed by atoms with Gasteiger partial charge in [0.15, 0.2) is 0 Å². The number of hydrogen-bond acceptors (Lipinski definition) is 1. The highest BCUT2D eigenvalue weighted by molar-refractivity contribution is 5.26. The van der Waals surface area contributed by atoms with E-state index in [4.69, 9.17) is 0 Å². The second kappa shape index (κ2) is 7.34. The van der Waals surface area contributed by atoms with Gasteiger partial charge in [-0.1, -0.05) is 25.1 Å². The minimum Gasteiger partial charge on any atom is -0.310 e. The quantitative estimate of drug-likeness (QED) is 0.559. The first-order chi connectivity index (χ1) is 8.99. The third-order valence-corrected chi connectivity index (χ3v) is 2.99. The summed E-state index contributed by atoms with van der Waals surface area (Å²) in [5, 5.41) is 3.30. The molecular formula is C15H20F3N. The van der Waals surface area contributed by atoms with E-state index in [1.54, 1.807) is 12.1 Å². The predicted octanol–water partition coefficient (Wildman–Crippen LogP) is 4.71. The SMILES string of the molecule is C=CCCCC(NCC)c1ccc(C(F)(F)F)cc1. The van der Waals surface area contributed by atoms with E-state index in [9.17, 15) is 13.2 Å². The van der Waals surface area contributed by atoms with E-state index in [1.165, 1.54) is 0 Å². The molecule has 1 aromatic rings. The van der Waals surface area contributed by atoms with Gasteiger partial charge in [-0.3, -0.25) is 0 Å². The van der Waals surface area contributed by atoms with Gasteiger partial charge >= 0.3 is 6.18 Å². The summed E-state index contributed by atoms with van der Waals surface area (Å²) in [6, 6.07) is 5.52. The Morgan fingerprint density at radius 2 is 1.89 bits per heavy atom. The van der Waals surface area contributed by atoms with Gasteiger partial charge in [0.2, 0.25) is 0 Å². The lowest BCUT2D eigenvalue weighted by Gasteiger charge is -2.18. The van der Waals surface area contributed by atoms with Crippen LogP contribution in [0.25, 0.3) is 0 Å². The Hall–Kier alpha value is -1.29. The molecule has 0 radical (unpaired) electrons. The Morgan fingerprint density at radius 1 is 1.26 bits per heavy atom. The van der Waals surface area contributed by atoms with E-state index >= 15 is 0 Å². The Bertz CT molecular complexity index is 381. The summed E-state index contributed by atoms with van der Waals surface area (Å²) in [6.07, 6.45) is 0.376. The summed E-state index contributed by atoms with van der Waals surface area (Å²) in [6.45, 7) is 6.45. The second-order valence-corrected chi connectivity index (χ2v) is 4.45. The topological polar surface area (TPSA) is 12.0 Å². The molecule has 1 aromatic carbocycles. The fraction of sp³-hybridized carbons (Fsp3) is 0.467. The van der Waals surface area contributed by atoms with Gasteiger partial charge < -0.3 is 5.32 Å². The van der Waals surface area contributed by atoms with Gasteiger partial charge in [-0.2, -0.15) is 13.2 Å². The molecule has 1 rings (SSSR count). The number of benzene rings is 1. The van der Waals surface area contributed by atoms with Gasteiger partial charge in [0.25, 0.3) is 0 Å². The molecule has 1 atom stereocenters. The smallest absolute Gasteiger partial charge is 0.310 e. The predicted molar refractivity (Wildman–Crippen MR) is 71.9 cm³/mol. The fourth-order valence-electron chi connectivity index (χ4n) is 2.00. The van der Waals surface area contributed by atoms with Crippen LogP contribution < -0.4 is 5.32 Å². The van der Waals surface area contributed by atoms with Crippen LogP contribution in [0.15, 0.2) is 36.9 Å². The molecule has 1 N–H and O–H groups in total. The molecule has 0 aliphatic rings. The standard InChI is InChI=1S/C15H20F3N/c1-3-5-6-7-14(19-4-2)12-8-10-13(11-9-12)15(16,17)18/h3,8-11,14,19H,1,4-7H2,2H3. The maximum absolute atomic E-state index is 12.5. The highest BCUT2D eigenvalue weighted by atomic mass is 19.4. The molecule has 0 spiro atoms. The van der Waals surface area contributed by atoms with E-state index in [2.05, 4.69) is 11.9 Å². The first-order valence-electron chi connectivity index (χ1n) is 6.50. The van der Waals surface area contributed by atoms with E-state index in [0.29, 0.717) is 0 Å². The molecule has 0 aliphatic heterocycles. The third-order valence-electron chi connectivity index (χ3n) is 2.99. The maximum atomic E-state index is 12.5. The number of allylic oxidation sites excluding steroid dienone is 1. The second-order valence-electron chi connectivity index (χ2n) is 4.45. The molecule has 106 valence electrons. The van der Waals surface area contributed by atoms with Crippen molar-refractivity contribution in [1.29, 1.82) is 0 Å². The molecule has 0 aliphatic carbocycles. The van der Waals surface area contributed by atoms with Crippen molar-refractivity contribution < 1.29 is 13.2 Å². The van der Waals surface area contributed by atoms with Crippen molar-refractivity contribution in [3.05, 3.63) is 48.0 Å². The van der Waals surface area contributed by atoms with Gasteiger partial charge in [-0.15, -0.1) is 6.58 Å². The number of hydrogen-bond donors (Lipinski definition) is 1. The minimum atomic E-state index is -4.27. The Labute approximate surface area is 112 Å². The van der Waals surface area contributed by atoms with Crippen LogP contribution in [0.4, 0.5) is 13.2 Å². The van der Waals surface area contributed by atoms with Crippen LogP contribution in [0.2, 0.25) is 0 Å². The Balaban J connectivity index is 2.76. The normalized spacial score (nSPS) is 13.3. The van der Waals surface area contributed by atoms with Crippen molar-refractivity contribution in [3.63, 3.8) is 0 Å². The Morgan fingerprint density at radius 3 is 2.37 bits per heavy atom. The number of rotatable bonds is 7. The van der Waals surface area contributed by atoms with Gasteiger partial charge in [-0.05, 0) is 43.5 Å². The van der Waals surface area contributed by atoms with Crippen molar-refractivity contribution in [2.45, 2.75) is 38.4 Å². The van der Waals surface area contributed by atoms with E-state index in [1.807, 2.05) is 13.0 Å². The maximum Gasteiger partial charge on any atom is 0.416 e. The zero-order chi connectivity index (χ0) is 14.3. The molecule has 0 saturated carbocycles. The van der Waals surface area contributed by atoms with Gasteiger partial charge in [0.05, 0.1) is 5.56 Å². The summed E-state index contributed by atoms with van der Waals surface area (Å²) in [7, 11) is 0. The summed E-state index contributed by atoms with van der Waals surface area (Å²) in [5.74, 6) is 0. The number of nitrogens with one attached hydrogen (secondary N) is 1. The van der Waals surface area contributed by atoms with Crippen molar-refractivity contribution >= 4 is 0 Å². The summed E-state index contributed by atoms with van der Waals surface area (Å²) in [5.41, 5.74) is 0.302. The highest BCUT2D eigenvalue weighted by Crippen LogP contribution is 2.30. The molecule has 0 saturated heterocycles. The third kappa shape index (κ3) is 5.07. The molecule has 0 heterocycles. The van der Waals surface area contributed by atoms with E-state index < -0.39 is 11.7 Å². The van der Waals surface area contributed by atoms with Crippen LogP contribution in [-0.2, 0) is 6.18 Å².